The molecule has 0 fully saturated rings. The minimum Gasteiger partial charge on any atom is -0.491 e. The summed E-state index contributed by atoms with van der Waals surface area (Å²) in [5.74, 6) is -0.148. The molecule has 0 aliphatic carbocycles. The summed E-state index contributed by atoms with van der Waals surface area (Å²) < 4.78 is 5.55. The number of hydrogen-bond donors (Lipinski definition) is 5. The first kappa shape index (κ1) is 25.9. The van der Waals surface area contributed by atoms with Crippen molar-refractivity contribution in [3.8, 4) is 16.9 Å². The summed E-state index contributed by atoms with van der Waals surface area (Å²) in [5, 5.41) is 25.7. The number of rotatable bonds is 12. The van der Waals surface area contributed by atoms with Gasteiger partial charge >= 0.3 is 0 Å². The molecule has 3 rings (SSSR count). The number of para-hydroxylation sites is 1. The van der Waals surface area contributed by atoms with Crippen molar-refractivity contribution in [2.24, 2.45) is 5.73 Å². The molecule has 0 aliphatic heterocycles. The summed E-state index contributed by atoms with van der Waals surface area (Å²) in [6.07, 6.45) is -0.198. The first-order valence-electron chi connectivity index (χ1n) is 11.4. The van der Waals surface area contributed by atoms with Crippen LogP contribution in [-0.4, -0.2) is 61.0 Å². The van der Waals surface area contributed by atoms with Crippen molar-refractivity contribution in [1.82, 2.24) is 10.6 Å². The minimum atomic E-state index is -0.730. The Balaban J connectivity index is 1.61. The van der Waals surface area contributed by atoms with E-state index < -0.39 is 12.0 Å². The number of hydrogen-bond acceptors (Lipinski definition) is 6. The smallest absolute Gasteiger partial charge is 0.251 e. The van der Waals surface area contributed by atoms with Gasteiger partial charge in [-0.15, -0.1) is 0 Å². The predicted octanol–water partition coefficient (Wildman–Crippen LogP) is 1.75. The van der Waals surface area contributed by atoms with Gasteiger partial charge in [-0.3, -0.25) is 9.59 Å². The Morgan fingerprint density at radius 2 is 1.74 bits per heavy atom. The van der Waals surface area contributed by atoms with E-state index >= 15 is 0 Å². The largest absolute Gasteiger partial charge is 0.491 e. The van der Waals surface area contributed by atoms with Gasteiger partial charge in [-0.1, -0.05) is 42.5 Å². The van der Waals surface area contributed by atoms with Crippen LogP contribution >= 0.6 is 0 Å². The SMILES string of the molecule is CNC(=O)c1ccc(C(N)=O)c(-c2ccc(C[C@@H](CO)NC[C@H](O)COc3ccccc3)cc2)c1. The number of aliphatic hydroxyl groups is 2. The molecule has 2 amide bonds. The molecule has 0 spiro atoms. The molecular formula is C27H31N3O5. The first-order valence-corrected chi connectivity index (χ1v) is 11.4. The Kier molecular flexibility index (Phi) is 9.37. The number of nitrogens with one attached hydrogen (secondary N) is 2. The number of nitrogens with two attached hydrogens (primary N) is 1. The van der Waals surface area contributed by atoms with Crippen LogP contribution in [0.3, 0.4) is 0 Å². The van der Waals surface area contributed by atoms with E-state index in [0.29, 0.717) is 28.9 Å². The second kappa shape index (κ2) is 12.7. The first-order chi connectivity index (χ1) is 16.9. The van der Waals surface area contributed by atoms with Crippen LogP contribution in [0.5, 0.6) is 5.75 Å². The Morgan fingerprint density at radius 1 is 1.03 bits per heavy atom. The minimum absolute atomic E-state index is 0.103. The van der Waals surface area contributed by atoms with E-state index in [1.807, 2.05) is 54.6 Å². The van der Waals surface area contributed by atoms with Gasteiger partial charge in [-0.25, -0.2) is 0 Å². The lowest BCUT2D eigenvalue weighted by Crippen LogP contribution is -2.41. The maximum Gasteiger partial charge on any atom is 0.251 e. The predicted molar refractivity (Wildman–Crippen MR) is 134 cm³/mol. The molecular weight excluding hydrogens is 446 g/mol. The fourth-order valence-electron chi connectivity index (χ4n) is 3.66. The van der Waals surface area contributed by atoms with E-state index in [4.69, 9.17) is 10.5 Å². The van der Waals surface area contributed by atoms with Gasteiger partial charge in [0, 0.05) is 30.8 Å². The van der Waals surface area contributed by atoms with Gasteiger partial charge < -0.3 is 31.3 Å². The quantitative estimate of drug-likeness (QED) is 0.270. The standard InChI is InChI=1S/C27H31N3O5/c1-29-27(34)20-11-12-24(26(28)33)25(14-20)19-9-7-18(8-10-19)13-21(16-31)30-15-22(32)17-35-23-5-3-2-4-6-23/h2-12,14,21-22,30-32H,13,15-17H2,1H3,(H2,28,33)(H,29,34)/t21-,22-/m0/s1. The third kappa shape index (κ3) is 7.38. The number of carbonyl (C=O) groups is 2. The van der Waals surface area contributed by atoms with E-state index in [1.165, 1.54) is 0 Å². The van der Waals surface area contributed by atoms with E-state index in [9.17, 15) is 19.8 Å². The Labute approximate surface area is 204 Å². The van der Waals surface area contributed by atoms with Crippen LogP contribution in [0.1, 0.15) is 26.3 Å². The lowest BCUT2D eigenvalue weighted by molar-refractivity contribution is 0.0959. The lowest BCUT2D eigenvalue weighted by atomic mass is 9.95. The van der Waals surface area contributed by atoms with Gasteiger partial charge in [0.25, 0.3) is 5.91 Å². The summed E-state index contributed by atoms with van der Waals surface area (Å²) in [4.78, 5) is 23.9. The highest BCUT2D eigenvalue weighted by molar-refractivity contribution is 6.03. The monoisotopic (exact) mass is 477 g/mol. The summed E-state index contributed by atoms with van der Waals surface area (Å²) in [7, 11) is 1.54. The summed E-state index contributed by atoms with van der Waals surface area (Å²) in [6.45, 7) is 0.305. The third-order valence-corrected chi connectivity index (χ3v) is 5.57. The normalized spacial score (nSPS) is 12.5. The molecule has 0 aliphatic rings. The van der Waals surface area contributed by atoms with Gasteiger partial charge in [0.15, 0.2) is 0 Å². The van der Waals surface area contributed by atoms with Gasteiger partial charge in [-0.2, -0.15) is 0 Å². The molecule has 0 unspecified atom stereocenters. The number of benzene rings is 3. The molecule has 35 heavy (non-hydrogen) atoms. The van der Waals surface area contributed by atoms with E-state index in [-0.39, 0.29) is 31.7 Å². The number of carbonyl (C=O) groups excluding carboxylic acids is 2. The zero-order chi connectivity index (χ0) is 25.2. The van der Waals surface area contributed by atoms with Crippen LogP contribution in [0.15, 0.2) is 72.8 Å². The van der Waals surface area contributed by atoms with Gasteiger partial charge in [0.05, 0.1) is 6.61 Å². The van der Waals surface area contributed by atoms with Crippen molar-refractivity contribution in [3.63, 3.8) is 0 Å². The van der Waals surface area contributed by atoms with Crippen molar-refractivity contribution >= 4 is 11.8 Å². The molecule has 184 valence electrons. The van der Waals surface area contributed by atoms with Crippen molar-refractivity contribution in [1.29, 1.82) is 0 Å². The third-order valence-electron chi connectivity index (χ3n) is 5.57. The molecule has 3 aromatic carbocycles. The second-order valence-electron chi connectivity index (χ2n) is 8.17. The van der Waals surface area contributed by atoms with E-state index in [1.54, 1.807) is 25.2 Å². The summed E-state index contributed by atoms with van der Waals surface area (Å²) >= 11 is 0. The molecule has 3 aromatic rings. The fraction of sp³-hybridized carbons (Fsp3) is 0.259. The van der Waals surface area contributed by atoms with E-state index in [0.717, 1.165) is 11.1 Å². The maximum absolute atomic E-state index is 12.0. The van der Waals surface area contributed by atoms with Crippen molar-refractivity contribution in [2.45, 2.75) is 18.6 Å². The molecule has 2 atom stereocenters. The maximum atomic E-state index is 12.0. The molecule has 0 aromatic heterocycles. The van der Waals surface area contributed by atoms with Crippen LogP contribution < -0.4 is 21.1 Å². The molecule has 8 heteroatoms. The number of primary amides is 1. The zero-order valence-corrected chi connectivity index (χ0v) is 19.6. The topological polar surface area (TPSA) is 134 Å². The van der Waals surface area contributed by atoms with Crippen molar-refractivity contribution in [2.75, 3.05) is 26.8 Å². The van der Waals surface area contributed by atoms with Crippen LogP contribution in [0.25, 0.3) is 11.1 Å². The van der Waals surface area contributed by atoms with E-state index in [2.05, 4.69) is 10.6 Å². The molecule has 0 radical (unpaired) electrons. The van der Waals surface area contributed by atoms with Gasteiger partial charge in [0.2, 0.25) is 5.91 Å². The summed E-state index contributed by atoms with van der Waals surface area (Å²) in [5.41, 5.74) is 8.56. The number of ether oxygens (including phenoxy) is 1. The van der Waals surface area contributed by atoms with Crippen LogP contribution in [-0.2, 0) is 6.42 Å². The van der Waals surface area contributed by atoms with Crippen LogP contribution in [0, 0.1) is 0 Å². The van der Waals surface area contributed by atoms with Crippen molar-refractivity contribution < 1.29 is 24.5 Å². The highest BCUT2D eigenvalue weighted by atomic mass is 16.5. The van der Waals surface area contributed by atoms with Crippen LogP contribution in [0.2, 0.25) is 0 Å². The average Bonchev–Trinajstić information content (AvgIpc) is 2.89. The van der Waals surface area contributed by atoms with Gasteiger partial charge in [-0.05, 0) is 53.4 Å². The molecule has 0 saturated heterocycles. The highest BCUT2D eigenvalue weighted by Gasteiger charge is 2.15. The average molecular weight is 478 g/mol. The Bertz CT molecular complexity index is 1120. The molecule has 6 N–H and O–H groups in total. The lowest BCUT2D eigenvalue weighted by Gasteiger charge is -2.19. The summed E-state index contributed by atoms with van der Waals surface area (Å²) in [6, 6.07) is 21.2. The van der Waals surface area contributed by atoms with Gasteiger partial charge in [0.1, 0.15) is 18.5 Å². The Morgan fingerprint density at radius 3 is 2.37 bits per heavy atom. The number of amides is 2. The number of aliphatic hydroxyl groups excluding tert-OH is 2. The second-order valence-corrected chi connectivity index (χ2v) is 8.17. The zero-order valence-electron chi connectivity index (χ0n) is 19.6. The molecule has 0 bridgehead atoms. The Hall–Kier alpha value is -3.72. The van der Waals surface area contributed by atoms with Crippen LogP contribution in [0.4, 0.5) is 0 Å². The molecule has 8 nitrogen and oxygen atoms in total. The molecule has 0 heterocycles. The fourth-order valence-corrected chi connectivity index (χ4v) is 3.66. The molecule has 0 saturated carbocycles. The van der Waals surface area contributed by atoms with Crippen molar-refractivity contribution in [3.05, 3.63) is 89.5 Å². The highest BCUT2D eigenvalue weighted by Crippen LogP contribution is 2.26.